The van der Waals surface area contributed by atoms with E-state index < -0.39 is 0 Å². The third-order valence-electron chi connectivity index (χ3n) is 0. The first kappa shape index (κ1) is 36.1. The first-order valence-corrected chi connectivity index (χ1v) is 0. The molecule has 0 nitrogen and oxygen atoms in total. The second-order valence-corrected chi connectivity index (χ2v) is 0. The Balaban J connectivity index is 0. The van der Waals surface area contributed by atoms with E-state index in [0.29, 0.717) is 0 Å². The number of hydrogen-bond donors (Lipinski definition) is 0. The van der Waals surface area contributed by atoms with Crippen LogP contribution in [0.1, 0.15) is 0 Å². The van der Waals surface area contributed by atoms with Crippen LogP contribution in [-0.4, -0.2) is 0 Å². The summed E-state index contributed by atoms with van der Waals surface area (Å²) in [4.78, 5) is 0. The molecule has 0 saturated carbocycles. The van der Waals surface area contributed by atoms with Crippen LogP contribution in [-0.2, 0) is 20.1 Å². The smallest absolute Gasteiger partial charge is 1.00 e. The van der Waals surface area contributed by atoms with Gasteiger partial charge in [-0.25, -0.2) is 0 Å². The molecule has 0 spiro atoms. The molecule has 0 radical (unpaired) electrons. The fraction of sp³-hybridized carbons (Fsp3) is 0. The van der Waals surface area contributed by atoms with Gasteiger partial charge in [0.2, 0.25) is 0 Å². The van der Waals surface area contributed by atoms with Crippen molar-refractivity contribution in [1.82, 2.24) is 0 Å². The molecule has 0 fully saturated rings. The molecule has 4 heavy (non-hydrogen) atoms. The Morgan fingerprint density at radius 2 is 0.500 bits per heavy atom. The van der Waals surface area contributed by atoms with Crippen molar-refractivity contribution in [2.24, 2.45) is 0 Å². The zero-order chi connectivity index (χ0) is 0. The summed E-state index contributed by atoms with van der Waals surface area (Å²) in [6, 6.07) is 0. The van der Waals surface area contributed by atoms with E-state index in [1.807, 2.05) is 0 Å². The summed E-state index contributed by atoms with van der Waals surface area (Å²) in [5.41, 5.74) is 0. The van der Waals surface area contributed by atoms with Crippen molar-refractivity contribution in [3.8, 4) is 0 Å². The zero-order valence-corrected chi connectivity index (χ0v) is 8.62. The van der Waals surface area contributed by atoms with Gasteiger partial charge >= 0.3 is 20.1 Å². The number of hydrogen-bond acceptors (Lipinski definition) is 0. The maximum absolute atomic E-state index is 0. The average molecular weight is 432 g/mol. The van der Waals surface area contributed by atoms with Crippen LogP contribution < -0.4 is 50.9 Å². The Morgan fingerprint density at radius 1 is 0.500 bits per heavy atom. The normalized spacial score (nSPS) is 0. The molecule has 0 unspecified atom stereocenters. The van der Waals surface area contributed by atoms with E-state index in [4.69, 9.17) is 0 Å². The maximum atomic E-state index is 0. The largest absolute Gasteiger partial charge is 3.00 e. The fourth-order valence-electron chi connectivity index (χ4n) is 0. The molecule has 0 aliphatic rings. The molecule has 0 aromatic heterocycles. The molecule has 0 heterocycles. The molecular weight excluding hydrogens is 432 g/mol. The molecule has 0 amide bonds. The molecular formula is Br3Ir. The second kappa shape index (κ2) is 19.5. The second-order valence-electron chi connectivity index (χ2n) is 0. The van der Waals surface area contributed by atoms with Crippen molar-refractivity contribution in [3.05, 3.63) is 0 Å². The molecule has 30 valence electrons. The van der Waals surface area contributed by atoms with Crippen LogP contribution in [0.3, 0.4) is 0 Å². The van der Waals surface area contributed by atoms with Crippen molar-refractivity contribution < 1.29 is 71.0 Å². The van der Waals surface area contributed by atoms with Crippen LogP contribution >= 0.6 is 0 Å². The van der Waals surface area contributed by atoms with Crippen molar-refractivity contribution in [2.75, 3.05) is 0 Å². The van der Waals surface area contributed by atoms with Gasteiger partial charge in [-0.3, -0.25) is 0 Å². The van der Waals surface area contributed by atoms with Gasteiger partial charge in [0.05, 0.1) is 0 Å². The summed E-state index contributed by atoms with van der Waals surface area (Å²) in [7, 11) is 0. The van der Waals surface area contributed by atoms with Gasteiger partial charge in [0.15, 0.2) is 0 Å². The Bertz CT molecular complexity index is 3.25. The first-order chi connectivity index (χ1) is 0. The molecule has 0 aromatic rings. The van der Waals surface area contributed by atoms with Crippen LogP contribution in [0.5, 0.6) is 0 Å². The summed E-state index contributed by atoms with van der Waals surface area (Å²) in [5.74, 6) is 0. The predicted octanol–water partition coefficient (Wildman–Crippen LogP) is -8.99. The molecule has 0 N–H and O–H groups in total. The summed E-state index contributed by atoms with van der Waals surface area (Å²) in [6.45, 7) is 0. The van der Waals surface area contributed by atoms with Crippen LogP contribution in [0.25, 0.3) is 0 Å². The molecule has 0 aliphatic carbocycles. The van der Waals surface area contributed by atoms with E-state index in [1.165, 1.54) is 0 Å². The zero-order valence-electron chi connectivity index (χ0n) is 1.47. The summed E-state index contributed by atoms with van der Waals surface area (Å²) in [6.07, 6.45) is 0. The van der Waals surface area contributed by atoms with Gasteiger partial charge < -0.3 is 50.9 Å². The van der Waals surface area contributed by atoms with E-state index in [2.05, 4.69) is 0 Å². The van der Waals surface area contributed by atoms with E-state index in [9.17, 15) is 0 Å². The molecule has 0 atom stereocenters. The predicted molar refractivity (Wildman–Crippen MR) is 0 cm³/mol. The Hall–Kier alpha value is 2.09. The fourth-order valence-corrected chi connectivity index (χ4v) is 0. The van der Waals surface area contributed by atoms with Gasteiger partial charge in [-0.15, -0.1) is 0 Å². The van der Waals surface area contributed by atoms with Crippen molar-refractivity contribution in [2.45, 2.75) is 0 Å². The standard InChI is InChI=1S/3BrH.Ir/h3*1H;/q;;;+3/p-3. The van der Waals surface area contributed by atoms with Crippen molar-refractivity contribution >= 4 is 0 Å². The summed E-state index contributed by atoms with van der Waals surface area (Å²) in [5, 5.41) is 0. The van der Waals surface area contributed by atoms with Crippen LogP contribution in [0.2, 0.25) is 0 Å². The van der Waals surface area contributed by atoms with Crippen LogP contribution in [0.4, 0.5) is 0 Å². The van der Waals surface area contributed by atoms with E-state index in [0.717, 1.165) is 0 Å². The molecule has 0 bridgehead atoms. The van der Waals surface area contributed by atoms with Gasteiger partial charge in [0, 0.05) is 0 Å². The Kier molecular flexibility index (Phi) is 176. The van der Waals surface area contributed by atoms with Crippen LogP contribution in [0, 0.1) is 0 Å². The average Bonchev–Trinajstić information content (AvgIpc) is 0. The third kappa shape index (κ3) is 8.94. The topological polar surface area (TPSA) is 0 Å². The molecule has 0 aliphatic heterocycles. The monoisotopic (exact) mass is 430 g/mol. The number of halogens is 3. The molecule has 0 rings (SSSR count). The minimum absolute atomic E-state index is 0. The van der Waals surface area contributed by atoms with Crippen molar-refractivity contribution in [1.29, 1.82) is 0 Å². The first-order valence-electron chi connectivity index (χ1n) is 0. The maximum Gasteiger partial charge on any atom is 3.00 e. The van der Waals surface area contributed by atoms with Gasteiger partial charge in [0.25, 0.3) is 0 Å². The third-order valence-corrected chi connectivity index (χ3v) is 0. The molecule has 0 aromatic carbocycles. The van der Waals surface area contributed by atoms with Gasteiger partial charge in [-0.2, -0.15) is 0 Å². The minimum atomic E-state index is 0. The van der Waals surface area contributed by atoms with Crippen LogP contribution in [0.15, 0.2) is 0 Å². The minimum Gasteiger partial charge on any atom is -1.00 e. The SMILES string of the molecule is [Br-].[Br-].[Br-].[Ir+3]. The quantitative estimate of drug-likeness (QED) is 0.357. The van der Waals surface area contributed by atoms with E-state index in [1.54, 1.807) is 0 Å². The summed E-state index contributed by atoms with van der Waals surface area (Å²) >= 11 is 0. The van der Waals surface area contributed by atoms with Crippen molar-refractivity contribution in [3.63, 3.8) is 0 Å². The van der Waals surface area contributed by atoms with Gasteiger partial charge in [-0.05, 0) is 0 Å². The van der Waals surface area contributed by atoms with E-state index in [-0.39, 0.29) is 71.0 Å². The summed E-state index contributed by atoms with van der Waals surface area (Å²) < 4.78 is 0. The van der Waals surface area contributed by atoms with E-state index >= 15 is 0 Å². The Morgan fingerprint density at radius 3 is 0.500 bits per heavy atom. The molecule has 0 saturated heterocycles. The molecule has 4 heteroatoms. The number of rotatable bonds is 0. The van der Waals surface area contributed by atoms with Gasteiger partial charge in [-0.1, -0.05) is 0 Å². The Labute approximate surface area is 70.4 Å². The van der Waals surface area contributed by atoms with Gasteiger partial charge in [0.1, 0.15) is 0 Å².